The van der Waals surface area contributed by atoms with Gasteiger partial charge in [-0.3, -0.25) is 5.10 Å². The van der Waals surface area contributed by atoms with Gasteiger partial charge in [-0.15, -0.1) is 0 Å². The van der Waals surface area contributed by atoms with Crippen molar-refractivity contribution in [3.63, 3.8) is 0 Å². The summed E-state index contributed by atoms with van der Waals surface area (Å²) in [6, 6.07) is 4.17. The number of nitrogens with zero attached hydrogens (tertiary/aromatic N) is 6. The molecule has 0 aliphatic carbocycles. The first kappa shape index (κ1) is 30.6. The fourth-order valence-electron chi connectivity index (χ4n) is 5.21. The number of benzene rings is 1. The zero-order valence-corrected chi connectivity index (χ0v) is 24.2. The molecule has 14 heteroatoms. The number of rotatable bonds is 7. The number of aromatic amines is 1. The molecule has 0 spiro atoms. The predicted molar refractivity (Wildman–Crippen MR) is 154 cm³/mol. The number of H-pyrrole nitrogens is 1. The van der Waals surface area contributed by atoms with Crippen LogP contribution in [0.25, 0.3) is 11.0 Å². The molecule has 0 bridgehead atoms. The third-order valence-electron chi connectivity index (χ3n) is 7.36. The maximum absolute atomic E-state index is 10.6. The molecular formula is C27H36ClF3N8O2. The molecule has 4 heterocycles. The Kier molecular flexibility index (Phi) is 9.80. The molecule has 41 heavy (non-hydrogen) atoms. The number of nitrogens with one attached hydrogen (secondary N) is 2. The Morgan fingerprint density at radius 3 is 2.34 bits per heavy atom. The standard InChI is InChI=1S/C25H35ClN8.C2HF3O2/c1-17(2)23-22-24(31-30-23)28-16-29-25(22)34-12-10-33(11-13-34)21-15-19(26)14-20(18(21)3)27-6-9-32-7-4-5-8-32;3-2(4,5)1(6)7/h14-17,27H,4-13H2,1-3H3,(H,28,29,30,31);(H,6,7). The van der Waals surface area contributed by atoms with Gasteiger partial charge in [0.05, 0.1) is 11.1 Å². The number of piperazine rings is 1. The Labute approximate surface area is 241 Å². The number of carbonyl (C=O) groups is 1. The number of halogens is 4. The minimum Gasteiger partial charge on any atom is -0.475 e. The lowest BCUT2D eigenvalue weighted by Gasteiger charge is -2.38. The minimum atomic E-state index is -5.08. The largest absolute Gasteiger partial charge is 0.490 e. The molecular weight excluding hydrogens is 561 g/mol. The predicted octanol–water partition coefficient (Wildman–Crippen LogP) is 4.91. The molecule has 0 saturated carbocycles. The summed E-state index contributed by atoms with van der Waals surface area (Å²) < 4.78 is 31.7. The van der Waals surface area contributed by atoms with Crippen LogP contribution < -0.4 is 15.1 Å². The van der Waals surface area contributed by atoms with E-state index in [9.17, 15) is 13.2 Å². The first-order valence-corrected chi connectivity index (χ1v) is 14.1. The van der Waals surface area contributed by atoms with Crippen molar-refractivity contribution >= 4 is 45.8 Å². The maximum atomic E-state index is 10.6. The van der Waals surface area contributed by atoms with Crippen LogP contribution in [0.15, 0.2) is 18.5 Å². The Bertz CT molecular complexity index is 1340. The molecule has 3 N–H and O–H groups in total. The second-order valence-corrected chi connectivity index (χ2v) is 11.0. The number of aliphatic carboxylic acids is 1. The van der Waals surface area contributed by atoms with Crippen LogP contribution in [0.5, 0.6) is 0 Å². The number of anilines is 3. The van der Waals surface area contributed by atoms with Gasteiger partial charge in [0, 0.05) is 55.7 Å². The number of hydrogen-bond acceptors (Lipinski definition) is 8. The molecule has 0 atom stereocenters. The molecule has 2 saturated heterocycles. The van der Waals surface area contributed by atoms with Crippen molar-refractivity contribution < 1.29 is 23.1 Å². The van der Waals surface area contributed by atoms with E-state index in [1.165, 1.54) is 37.2 Å². The summed E-state index contributed by atoms with van der Waals surface area (Å²) in [5.41, 5.74) is 5.46. The van der Waals surface area contributed by atoms with E-state index in [0.717, 1.165) is 72.5 Å². The summed E-state index contributed by atoms with van der Waals surface area (Å²) in [4.78, 5) is 25.3. The van der Waals surface area contributed by atoms with Gasteiger partial charge in [-0.2, -0.15) is 18.3 Å². The molecule has 3 aromatic rings. The fraction of sp³-hybridized carbons (Fsp3) is 0.556. The van der Waals surface area contributed by atoms with Gasteiger partial charge in [0.1, 0.15) is 12.1 Å². The van der Waals surface area contributed by atoms with Crippen LogP contribution in [0.1, 0.15) is 43.9 Å². The molecule has 0 unspecified atom stereocenters. The van der Waals surface area contributed by atoms with Gasteiger partial charge in [0.15, 0.2) is 5.65 Å². The average Bonchev–Trinajstić information content (AvgIpc) is 3.60. The summed E-state index contributed by atoms with van der Waals surface area (Å²) in [6.45, 7) is 14.6. The Morgan fingerprint density at radius 2 is 1.73 bits per heavy atom. The highest BCUT2D eigenvalue weighted by Crippen LogP contribution is 2.34. The van der Waals surface area contributed by atoms with Gasteiger partial charge in [0.2, 0.25) is 0 Å². The van der Waals surface area contributed by atoms with Gasteiger partial charge < -0.3 is 25.1 Å². The zero-order valence-electron chi connectivity index (χ0n) is 23.4. The third-order valence-corrected chi connectivity index (χ3v) is 7.58. The van der Waals surface area contributed by atoms with E-state index < -0.39 is 12.1 Å². The van der Waals surface area contributed by atoms with Crippen molar-refractivity contribution in [3.05, 3.63) is 34.7 Å². The quantitative estimate of drug-likeness (QED) is 0.350. The van der Waals surface area contributed by atoms with Crippen molar-refractivity contribution in [2.45, 2.75) is 45.7 Å². The average molecular weight is 597 g/mol. The number of carboxylic acid groups (broad SMARTS) is 1. The van der Waals surface area contributed by atoms with Gasteiger partial charge in [-0.25, -0.2) is 14.8 Å². The van der Waals surface area contributed by atoms with Gasteiger partial charge in [0.25, 0.3) is 0 Å². The van der Waals surface area contributed by atoms with E-state index >= 15 is 0 Å². The molecule has 2 aliphatic rings. The van der Waals surface area contributed by atoms with Crippen molar-refractivity contribution in [2.24, 2.45) is 0 Å². The molecule has 5 rings (SSSR count). The molecule has 0 amide bonds. The molecule has 2 aliphatic heterocycles. The fourth-order valence-corrected chi connectivity index (χ4v) is 5.43. The highest BCUT2D eigenvalue weighted by atomic mass is 35.5. The van der Waals surface area contributed by atoms with E-state index in [0.29, 0.717) is 5.92 Å². The molecule has 10 nitrogen and oxygen atoms in total. The third kappa shape index (κ3) is 7.50. The van der Waals surface area contributed by atoms with E-state index in [1.807, 2.05) is 0 Å². The van der Waals surface area contributed by atoms with Crippen LogP contribution in [0, 0.1) is 6.92 Å². The summed E-state index contributed by atoms with van der Waals surface area (Å²) in [6.07, 6.45) is -0.800. The Morgan fingerprint density at radius 1 is 1.10 bits per heavy atom. The molecule has 1 aromatic carbocycles. The minimum absolute atomic E-state index is 0.310. The summed E-state index contributed by atoms with van der Waals surface area (Å²) >= 11 is 6.56. The van der Waals surface area contributed by atoms with E-state index in [4.69, 9.17) is 21.5 Å². The summed E-state index contributed by atoms with van der Waals surface area (Å²) in [7, 11) is 0. The molecule has 2 fully saturated rings. The SMILES string of the molecule is Cc1c(NCCN2CCCC2)cc(Cl)cc1N1CCN(c2ncnc3[nH]nc(C(C)C)c23)CC1.O=C(O)C(F)(F)F. The number of fused-ring (bicyclic) bond motifs is 1. The number of alkyl halides is 3. The first-order chi connectivity index (χ1) is 19.5. The van der Waals surface area contributed by atoms with E-state index in [-0.39, 0.29) is 0 Å². The molecule has 2 aromatic heterocycles. The van der Waals surface area contributed by atoms with Gasteiger partial charge in [-0.1, -0.05) is 25.4 Å². The molecule has 224 valence electrons. The van der Waals surface area contributed by atoms with Crippen LogP contribution in [-0.4, -0.2) is 94.7 Å². The second kappa shape index (κ2) is 13.1. The van der Waals surface area contributed by atoms with Crippen LogP contribution >= 0.6 is 11.6 Å². The van der Waals surface area contributed by atoms with Gasteiger partial charge in [-0.05, 0) is 56.5 Å². The summed E-state index contributed by atoms with van der Waals surface area (Å²) in [5, 5.41) is 20.2. The van der Waals surface area contributed by atoms with Crippen LogP contribution in [0.2, 0.25) is 5.02 Å². The van der Waals surface area contributed by atoms with E-state index in [1.54, 1.807) is 6.33 Å². The number of likely N-dealkylation sites (tertiary alicyclic amines) is 1. The lowest BCUT2D eigenvalue weighted by molar-refractivity contribution is -0.192. The molecule has 0 radical (unpaired) electrons. The highest BCUT2D eigenvalue weighted by molar-refractivity contribution is 6.31. The number of aromatic nitrogens is 4. The highest BCUT2D eigenvalue weighted by Gasteiger charge is 2.38. The maximum Gasteiger partial charge on any atom is 0.490 e. The van der Waals surface area contributed by atoms with Crippen molar-refractivity contribution in [1.29, 1.82) is 0 Å². The zero-order chi connectivity index (χ0) is 29.7. The van der Waals surface area contributed by atoms with Gasteiger partial charge >= 0.3 is 12.1 Å². The lowest BCUT2D eigenvalue weighted by atomic mass is 10.1. The smallest absolute Gasteiger partial charge is 0.475 e. The van der Waals surface area contributed by atoms with Crippen LogP contribution in [0.4, 0.5) is 30.4 Å². The first-order valence-electron chi connectivity index (χ1n) is 13.7. The Balaban J connectivity index is 0.000000493. The lowest BCUT2D eigenvalue weighted by Crippen LogP contribution is -2.47. The van der Waals surface area contributed by atoms with E-state index in [2.05, 4.69) is 73.1 Å². The topological polar surface area (TPSA) is 114 Å². The van der Waals surface area contributed by atoms with Crippen molar-refractivity contribution in [1.82, 2.24) is 25.1 Å². The number of carboxylic acids is 1. The second-order valence-electron chi connectivity index (χ2n) is 10.5. The Hall–Kier alpha value is -3.32. The van der Waals surface area contributed by atoms with Crippen molar-refractivity contribution in [2.75, 3.05) is 67.5 Å². The van der Waals surface area contributed by atoms with Crippen LogP contribution in [0.3, 0.4) is 0 Å². The van der Waals surface area contributed by atoms with Crippen LogP contribution in [-0.2, 0) is 4.79 Å². The summed E-state index contributed by atoms with van der Waals surface area (Å²) in [5.74, 6) is -1.47. The van der Waals surface area contributed by atoms with Crippen molar-refractivity contribution in [3.8, 4) is 0 Å². The normalized spacial score (nSPS) is 16.3. The number of hydrogen-bond donors (Lipinski definition) is 3. The monoisotopic (exact) mass is 596 g/mol.